The van der Waals surface area contributed by atoms with Gasteiger partial charge in [0.15, 0.2) is 0 Å². The van der Waals surface area contributed by atoms with Gasteiger partial charge in [0.25, 0.3) is 0 Å². The summed E-state index contributed by atoms with van der Waals surface area (Å²) >= 11 is 3.33. The molecule has 1 aromatic rings. The fourth-order valence-corrected chi connectivity index (χ4v) is 2.17. The lowest BCUT2D eigenvalue weighted by Gasteiger charge is -2.17. The van der Waals surface area contributed by atoms with Crippen LogP contribution in [0.4, 0.5) is 5.69 Å². The molecular formula is C12H15BrN2O. The number of carbonyl (C=O) groups is 1. The lowest BCUT2D eigenvalue weighted by atomic mass is 9.99. The molecule has 1 aliphatic rings. The molecule has 0 saturated heterocycles. The third-order valence-corrected chi connectivity index (χ3v) is 3.15. The van der Waals surface area contributed by atoms with Gasteiger partial charge in [0.2, 0.25) is 5.91 Å². The van der Waals surface area contributed by atoms with Crippen LogP contribution in [0, 0.1) is 0 Å². The molecular weight excluding hydrogens is 268 g/mol. The quantitative estimate of drug-likeness (QED) is 0.504. The molecule has 0 saturated carbocycles. The molecule has 0 bridgehead atoms. The van der Waals surface area contributed by atoms with Crippen molar-refractivity contribution in [2.75, 3.05) is 17.3 Å². The Hall–Kier alpha value is -0.870. The van der Waals surface area contributed by atoms with Crippen LogP contribution < -0.4 is 10.6 Å². The van der Waals surface area contributed by atoms with Crippen molar-refractivity contribution in [2.24, 2.45) is 0 Å². The predicted molar refractivity (Wildman–Crippen MR) is 68.9 cm³/mol. The minimum absolute atomic E-state index is 0.126. The number of fused-ring (bicyclic) bond motifs is 1. The molecule has 0 atom stereocenters. The Morgan fingerprint density at radius 2 is 2.25 bits per heavy atom. The van der Waals surface area contributed by atoms with Crippen molar-refractivity contribution >= 4 is 27.5 Å². The number of rotatable bonds is 4. The second kappa shape index (κ2) is 5.46. The molecule has 0 aromatic heterocycles. The molecule has 0 unspecified atom stereocenters. The normalized spacial score (nSPS) is 14.4. The molecule has 0 aliphatic carbocycles. The highest BCUT2D eigenvalue weighted by atomic mass is 79.9. The van der Waals surface area contributed by atoms with Gasteiger partial charge in [0.1, 0.15) is 0 Å². The van der Waals surface area contributed by atoms with Gasteiger partial charge in [-0.05, 0) is 36.6 Å². The summed E-state index contributed by atoms with van der Waals surface area (Å²) in [5.41, 5.74) is 4.39. The third-order valence-electron chi connectivity index (χ3n) is 2.75. The fourth-order valence-electron chi connectivity index (χ4n) is 1.89. The van der Waals surface area contributed by atoms with E-state index in [4.69, 9.17) is 0 Å². The average molecular weight is 283 g/mol. The van der Waals surface area contributed by atoms with Crippen LogP contribution >= 0.6 is 15.9 Å². The van der Waals surface area contributed by atoms with Gasteiger partial charge in [-0.25, -0.2) is 0 Å². The van der Waals surface area contributed by atoms with Gasteiger partial charge in [0, 0.05) is 12.1 Å². The van der Waals surface area contributed by atoms with Crippen molar-refractivity contribution in [3.05, 3.63) is 29.3 Å². The monoisotopic (exact) mass is 282 g/mol. The van der Waals surface area contributed by atoms with Gasteiger partial charge in [-0.3, -0.25) is 4.79 Å². The molecule has 1 aromatic carbocycles. The highest BCUT2D eigenvalue weighted by Crippen LogP contribution is 2.23. The minimum atomic E-state index is 0.126. The van der Waals surface area contributed by atoms with Gasteiger partial charge in [-0.15, -0.1) is 0 Å². The maximum atomic E-state index is 11.2. The average Bonchev–Trinajstić information content (AvgIpc) is 2.29. The van der Waals surface area contributed by atoms with Gasteiger partial charge in [-0.1, -0.05) is 28.1 Å². The van der Waals surface area contributed by atoms with E-state index in [-0.39, 0.29) is 5.91 Å². The first-order chi connectivity index (χ1) is 7.79. The lowest BCUT2D eigenvalue weighted by molar-refractivity contribution is -0.116. The molecule has 1 heterocycles. The SMILES string of the molecule is O=C1CCc2cc(CCNCBr)ccc2N1. The van der Waals surface area contributed by atoms with Gasteiger partial charge in [0.05, 0.1) is 5.45 Å². The number of carbonyl (C=O) groups excluding carboxylic acids is 1. The van der Waals surface area contributed by atoms with Crippen LogP contribution in [0.1, 0.15) is 17.5 Å². The Morgan fingerprint density at radius 1 is 1.38 bits per heavy atom. The van der Waals surface area contributed by atoms with Crippen molar-refractivity contribution in [3.8, 4) is 0 Å². The number of alkyl halides is 1. The Morgan fingerprint density at radius 3 is 3.06 bits per heavy atom. The Balaban J connectivity index is 2.04. The molecule has 2 rings (SSSR count). The topological polar surface area (TPSA) is 41.1 Å². The van der Waals surface area contributed by atoms with E-state index in [0.29, 0.717) is 6.42 Å². The number of hydrogen-bond acceptors (Lipinski definition) is 2. The number of nitrogens with one attached hydrogen (secondary N) is 2. The Bertz CT molecular complexity index is 393. The van der Waals surface area contributed by atoms with E-state index in [0.717, 1.165) is 30.5 Å². The number of anilines is 1. The van der Waals surface area contributed by atoms with Crippen molar-refractivity contribution in [1.82, 2.24) is 5.32 Å². The molecule has 0 fully saturated rings. The second-order valence-electron chi connectivity index (χ2n) is 3.92. The molecule has 4 heteroatoms. The molecule has 1 amide bonds. The number of amides is 1. The maximum Gasteiger partial charge on any atom is 0.224 e. The molecule has 1 aliphatic heterocycles. The summed E-state index contributed by atoms with van der Waals surface area (Å²) in [4.78, 5) is 11.2. The van der Waals surface area contributed by atoms with Crippen LogP contribution in [0.3, 0.4) is 0 Å². The summed E-state index contributed by atoms with van der Waals surface area (Å²) in [6.07, 6.45) is 2.49. The summed E-state index contributed by atoms with van der Waals surface area (Å²) in [6, 6.07) is 6.29. The molecule has 16 heavy (non-hydrogen) atoms. The van der Waals surface area contributed by atoms with Crippen LogP contribution in [0.25, 0.3) is 0 Å². The van der Waals surface area contributed by atoms with E-state index in [1.54, 1.807) is 0 Å². The zero-order valence-electron chi connectivity index (χ0n) is 9.05. The first kappa shape index (κ1) is 11.6. The smallest absolute Gasteiger partial charge is 0.224 e. The van der Waals surface area contributed by atoms with Crippen molar-refractivity contribution < 1.29 is 4.79 Å². The number of halogens is 1. The molecule has 3 nitrogen and oxygen atoms in total. The minimum Gasteiger partial charge on any atom is -0.326 e. The molecule has 0 spiro atoms. The maximum absolute atomic E-state index is 11.2. The van der Waals surface area contributed by atoms with Gasteiger partial charge < -0.3 is 10.6 Å². The van der Waals surface area contributed by atoms with Crippen molar-refractivity contribution in [1.29, 1.82) is 0 Å². The number of aryl methyl sites for hydroxylation is 1. The Labute approximate surface area is 104 Å². The van der Waals surface area contributed by atoms with Gasteiger partial charge >= 0.3 is 0 Å². The largest absolute Gasteiger partial charge is 0.326 e. The zero-order valence-corrected chi connectivity index (χ0v) is 10.6. The van der Waals surface area contributed by atoms with E-state index in [1.165, 1.54) is 11.1 Å². The van der Waals surface area contributed by atoms with Crippen LogP contribution in [0.2, 0.25) is 0 Å². The van der Waals surface area contributed by atoms with Crippen molar-refractivity contribution in [3.63, 3.8) is 0 Å². The number of benzene rings is 1. The number of hydrogen-bond donors (Lipinski definition) is 2. The van der Waals surface area contributed by atoms with E-state index in [1.807, 2.05) is 6.07 Å². The summed E-state index contributed by atoms with van der Waals surface area (Å²) in [5, 5.41) is 6.12. The zero-order chi connectivity index (χ0) is 11.4. The second-order valence-corrected chi connectivity index (χ2v) is 4.48. The van der Waals surface area contributed by atoms with E-state index in [2.05, 4.69) is 38.7 Å². The fraction of sp³-hybridized carbons (Fsp3) is 0.417. The highest BCUT2D eigenvalue weighted by Gasteiger charge is 2.14. The third kappa shape index (κ3) is 2.83. The summed E-state index contributed by atoms with van der Waals surface area (Å²) < 4.78 is 0. The van der Waals surface area contributed by atoms with Crippen LogP contribution in [0.5, 0.6) is 0 Å². The van der Waals surface area contributed by atoms with E-state index in [9.17, 15) is 4.79 Å². The molecule has 0 radical (unpaired) electrons. The van der Waals surface area contributed by atoms with Crippen LogP contribution in [0.15, 0.2) is 18.2 Å². The molecule has 86 valence electrons. The van der Waals surface area contributed by atoms with Crippen molar-refractivity contribution in [2.45, 2.75) is 19.3 Å². The standard InChI is InChI=1S/C12H15BrN2O/c13-8-14-6-5-9-1-3-11-10(7-9)2-4-12(16)15-11/h1,3,7,14H,2,4-6,8H2,(H,15,16). The molecule has 2 N–H and O–H groups in total. The van der Waals surface area contributed by atoms with E-state index >= 15 is 0 Å². The highest BCUT2D eigenvalue weighted by molar-refractivity contribution is 9.09. The first-order valence-corrected chi connectivity index (χ1v) is 6.60. The lowest BCUT2D eigenvalue weighted by Crippen LogP contribution is -2.19. The summed E-state index contributed by atoms with van der Waals surface area (Å²) in [7, 11) is 0. The summed E-state index contributed by atoms with van der Waals surface area (Å²) in [5.74, 6) is 0.126. The van der Waals surface area contributed by atoms with Crippen LogP contribution in [-0.2, 0) is 17.6 Å². The van der Waals surface area contributed by atoms with Crippen LogP contribution in [-0.4, -0.2) is 17.9 Å². The first-order valence-electron chi connectivity index (χ1n) is 5.48. The van der Waals surface area contributed by atoms with E-state index < -0.39 is 0 Å². The predicted octanol–water partition coefficient (Wildman–Crippen LogP) is 2.06. The Kier molecular flexibility index (Phi) is 3.96. The van der Waals surface area contributed by atoms with Gasteiger partial charge in [-0.2, -0.15) is 0 Å². The summed E-state index contributed by atoms with van der Waals surface area (Å²) in [6.45, 7) is 0.969.